The zero-order valence-electron chi connectivity index (χ0n) is 19.1. The Labute approximate surface area is 182 Å². The van der Waals surface area contributed by atoms with Crippen molar-refractivity contribution in [2.75, 3.05) is 0 Å². The molecule has 1 amide bonds. The number of carbonyl (C=O) groups is 1. The molecule has 1 heterocycles. The fourth-order valence-corrected chi connectivity index (χ4v) is 5.06. The Hall–Kier alpha value is -1.95. The van der Waals surface area contributed by atoms with Gasteiger partial charge in [-0.25, -0.2) is 0 Å². The lowest BCUT2D eigenvalue weighted by molar-refractivity contribution is -0.186. The van der Waals surface area contributed by atoms with E-state index in [1.54, 1.807) is 0 Å². The number of ether oxygens (including phenoxy) is 1. The van der Waals surface area contributed by atoms with Crippen LogP contribution in [0.15, 0.2) is 60.7 Å². The molecule has 0 spiro atoms. The number of hydrogen-bond acceptors (Lipinski definition) is 3. The van der Waals surface area contributed by atoms with E-state index in [0.29, 0.717) is 13.2 Å². The summed E-state index contributed by atoms with van der Waals surface area (Å²) in [5, 5.41) is 0.111. The van der Waals surface area contributed by atoms with Crippen LogP contribution in [-0.4, -0.2) is 37.4 Å². The summed E-state index contributed by atoms with van der Waals surface area (Å²) in [7, 11) is -1.97. The Balaban J connectivity index is 1.76. The highest BCUT2D eigenvalue weighted by Crippen LogP contribution is 2.39. The lowest BCUT2D eigenvalue weighted by Crippen LogP contribution is -2.70. The maximum Gasteiger partial charge on any atom is 0.254 e. The number of nitrogens with zero attached hydrogens (tertiary/aromatic N) is 1. The molecule has 0 aromatic heterocycles. The third-order valence-electron chi connectivity index (χ3n) is 6.43. The number of hydrogen-bond donors (Lipinski definition) is 0. The molecule has 2 aromatic carbocycles. The largest absolute Gasteiger partial charge is 0.412 e. The summed E-state index contributed by atoms with van der Waals surface area (Å²) in [6.07, 6.45) is -0.554. The number of likely N-dealkylation sites (tertiary alicyclic amines) is 1. The molecule has 3 atom stereocenters. The van der Waals surface area contributed by atoms with Crippen molar-refractivity contribution in [2.45, 2.75) is 77.2 Å². The monoisotopic (exact) mass is 425 g/mol. The first kappa shape index (κ1) is 22.7. The van der Waals surface area contributed by atoms with Crippen LogP contribution in [0.5, 0.6) is 0 Å². The van der Waals surface area contributed by atoms with E-state index in [0.717, 1.165) is 11.1 Å². The van der Waals surface area contributed by atoms with E-state index in [2.05, 4.69) is 52.9 Å². The summed E-state index contributed by atoms with van der Waals surface area (Å²) in [5.41, 5.74) is 2.19. The van der Waals surface area contributed by atoms with Gasteiger partial charge in [0.25, 0.3) is 5.91 Å². The zero-order chi connectivity index (χ0) is 21.9. The summed E-state index contributed by atoms with van der Waals surface area (Å²) in [6.45, 7) is 14.3. The molecule has 162 valence electrons. The van der Waals surface area contributed by atoms with E-state index in [9.17, 15) is 4.79 Å². The van der Waals surface area contributed by atoms with Crippen LogP contribution in [-0.2, 0) is 27.1 Å². The summed E-state index contributed by atoms with van der Waals surface area (Å²) in [5.74, 6) is 0.0467. The molecule has 1 aliphatic heterocycles. The maximum absolute atomic E-state index is 13.0. The fourth-order valence-electron chi connectivity index (χ4n) is 3.64. The first-order valence-electron chi connectivity index (χ1n) is 10.8. The SMILES string of the molecule is C[C@H](O[Si](C)(C)C(C)(C)C)[C@H]1[C@@H](OCc2ccccc2)C(=O)N1Cc1ccccc1. The van der Waals surface area contributed by atoms with Crippen LogP contribution in [0, 0.1) is 0 Å². The highest BCUT2D eigenvalue weighted by Gasteiger charge is 2.53. The average molecular weight is 426 g/mol. The molecule has 0 N–H and O–H groups in total. The van der Waals surface area contributed by atoms with Crippen molar-refractivity contribution in [3.8, 4) is 0 Å². The molecule has 30 heavy (non-hydrogen) atoms. The van der Waals surface area contributed by atoms with Crippen LogP contribution >= 0.6 is 0 Å². The summed E-state index contributed by atoms with van der Waals surface area (Å²) in [4.78, 5) is 14.9. The second kappa shape index (κ2) is 9.04. The smallest absolute Gasteiger partial charge is 0.254 e. The Morgan fingerprint density at radius 2 is 1.50 bits per heavy atom. The number of amides is 1. The van der Waals surface area contributed by atoms with Crippen LogP contribution < -0.4 is 0 Å². The summed E-state index contributed by atoms with van der Waals surface area (Å²) in [6, 6.07) is 20.0. The van der Waals surface area contributed by atoms with E-state index in [1.807, 2.05) is 53.4 Å². The van der Waals surface area contributed by atoms with Gasteiger partial charge in [0.05, 0.1) is 18.8 Å². The maximum atomic E-state index is 13.0. The second-order valence-electron chi connectivity index (χ2n) is 9.74. The molecule has 0 bridgehead atoms. The fraction of sp³-hybridized carbons (Fsp3) is 0.480. The van der Waals surface area contributed by atoms with Gasteiger partial charge in [0.1, 0.15) is 0 Å². The molecular formula is C25H35NO3Si. The van der Waals surface area contributed by atoms with E-state index < -0.39 is 14.4 Å². The third-order valence-corrected chi connectivity index (χ3v) is 11.0. The van der Waals surface area contributed by atoms with Gasteiger partial charge in [0.2, 0.25) is 0 Å². The summed E-state index contributed by atoms with van der Waals surface area (Å²) < 4.78 is 12.8. The van der Waals surface area contributed by atoms with Gasteiger partial charge in [-0.05, 0) is 36.2 Å². The molecule has 1 fully saturated rings. The van der Waals surface area contributed by atoms with Crippen molar-refractivity contribution in [1.82, 2.24) is 4.90 Å². The Kier molecular flexibility index (Phi) is 6.85. The lowest BCUT2D eigenvalue weighted by Gasteiger charge is -2.51. The van der Waals surface area contributed by atoms with Crippen molar-refractivity contribution in [1.29, 1.82) is 0 Å². The van der Waals surface area contributed by atoms with E-state index in [4.69, 9.17) is 9.16 Å². The molecular weight excluding hydrogens is 390 g/mol. The Morgan fingerprint density at radius 3 is 2.03 bits per heavy atom. The Bertz CT molecular complexity index is 832. The van der Waals surface area contributed by atoms with Crippen molar-refractivity contribution in [3.05, 3.63) is 71.8 Å². The van der Waals surface area contributed by atoms with Crippen LogP contribution in [0.4, 0.5) is 0 Å². The first-order valence-corrected chi connectivity index (χ1v) is 13.7. The summed E-state index contributed by atoms with van der Waals surface area (Å²) >= 11 is 0. The molecule has 5 heteroatoms. The predicted molar refractivity (Wildman–Crippen MR) is 124 cm³/mol. The van der Waals surface area contributed by atoms with Crippen molar-refractivity contribution < 1.29 is 14.0 Å². The van der Waals surface area contributed by atoms with Crippen LogP contribution in [0.25, 0.3) is 0 Å². The van der Waals surface area contributed by atoms with Gasteiger partial charge in [-0.3, -0.25) is 4.79 Å². The number of rotatable bonds is 8. The van der Waals surface area contributed by atoms with Crippen LogP contribution in [0.2, 0.25) is 18.1 Å². The van der Waals surface area contributed by atoms with Gasteiger partial charge in [-0.2, -0.15) is 0 Å². The van der Waals surface area contributed by atoms with E-state index >= 15 is 0 Å². The number of β-lactam (4-membered cyclic amide) rings is 1. The molecule has 2 aromatic rings. The average Bonchev–Trinajstić information content (AvgIpc) is 2.69. The highest BCUT2D eigenvalue weighted by atomic mass is 28.4. The van der Waals surface area contributed by atoms with Gasteiger partial charge in [-0.15, -0.1) is 0 Å². The normalized spacial score (nSPS) is 20.7. The molecule has 0 aliphatic carbocycles. The molecule has 1 aliphatic rings. The highest BCUT2D eigenvalue weighted by molar-refractivity contribution is 6.74. The molecule has 0 saturated carbocycles. The topological polar surface area (TPSA) is 38.8 Å². The second-order valence-corrected chi connectivity index (χ2v) is 14.5. The van der Waals surface area contributed by atoms with Crippen molar-refractivity contribution in [3.63, 3.8) is 0 Å². The van der Waals surface area contributed by atoms with Crippen LogP contribution in [0.3, 0.4) is 0 Å². The molecule has 3 rings (SSSR count). The Morgan fingerprint density at radius 1 is 0.967 bits per heavy atom. The minimum Gasteiger partial charge on any atom is -0.412 e. The van der Waals surface area contributed by atoms with E-state index in [1.165, 1.54) is 0 Å². The van der Waals surface area contributed by atoms with Crippen molar-refractivity contribution in [2.24, 2.45) is 0 Å². The molecule has 0 unspecified atom stereocenters. The van der Waals surface area contributed by atoms with Crippen LogP contribution in [0.1, 0.15) is 38.8 Å². The van der Waals surface area contributed by atoms with Crippen molar-refractivity contribution >= 4 is 14.2 Å². The number of benzene rings is 2. The van der Waals surface area contributed by atoms with Gasteiger partial charge in [0.15, 0.2) is 14.4 Å². The third kappa shape index (κ3) is 5.02. The molecule has 4 nitrogen and oxygen atoms in total. The van der Waals surface area contributed by atoms with E-state index in [-0.39, 0.29) is 23.1 Å². The zero-order valence-corrected chi connectivity index (χ0v) is 20.1. The van der Waals surface area contributed by atoms with Gasteiger partial charge >= 0.3 is 0 Å². The standard InChI is InChI=1S/C25H35NO3Si/c1-19(29-30(5,6)25(2,3)4)22-23(28-18-21-15-11-8-12-16-21)24(27)26(22)17-20-13-9-7-10-14-20/h7-16,19,22-23H,17-18H2,1-6H3/t19-,22-,23+/m0/s1. The molecule has 1 saturated heterocycles. The number of carbonyl (C=O) groups excluding carboxylic acids is 1. The molecule has 0 radical (unpaired) electrons. The first-order chi connectivity index (χ1) is 14.1. The van der Waals surface area contributed by atoms with Gasteiger partial charge in [0, 0.05) is 6.54 Å². The van der Waals surface area contributed by atoms with Gasteiger partial charge < -0.3 is 14.1 Å². The minimum absolute atomic E-state index is 0.0467. The van der Waals surface area contributed by atoms with Gasteiger partial charge in [-0.1, -0.05) is 81.4 Å². The quantitative estimate of drug-likeness (QED) is 0.420. The lowest BCUT2D eigenvalue weighted by atomic mass is 9.92. The minimum atomic E-state index is -1.97. The predicted octanol–water partition coefficient (Wildman–Crippen LogP) is 5.39.